The van der Waals surface area contributed by atoms with E-state index < -0.39 is 0 Å². The number of aromatic nitrogens is 2. The van der Waals surface area contributed by atoms with Crippen LogP contribution < -0.4 is 10.6 Å². The predicted octanol–water partition coefficient (Wildman–Crippen LogP) is 3.00. The summed E-state index contributed by atoms with van der Waals surface area (Å²) in [5.41, 5.74) is 0.445. The molecule has 0 aliphatic heterocycles. The number of carbonyl (C=O) groups excluding carboxylic acids is 1. The molecular weight excluding hydrogens is 264 g/mol. The molecule has 1 aromatic rings. The Morgan fingerprint density at radius 3 is 2.62 bits per heavy atom. The molecule has 1 heterocycles. The highest BCUT2D eigenvalue weighted by atomic mass is 16.1. The van der Waals surface area contributed by atoms with Gasteiger partial charge >= 0.3 is 0 Å². The first-order valence-electron chi connectivity index (χ1n) is 8.02. The molecule has 21 heavy (non-hydrogen) atoms. The lowest BCUT2D eigenvalue weighted by molar-refractivity contribution is 0.0928. The molecule has 0 radical (unpaired) electrons. The van der Waals surface area contributed by atoms with E-state index in [1.165, 1.54) is 32.0 Å². The highest BCUT2D eigenvalue weighted by Crippen LogP contribution is 2.17. The Bertz CT molecular complexity index is 453. The van der Waals surface area contributed by atoms with Crippen molar-refractivity contribution in [3.63, 3.8) is 0 Å². The number of carbonyl (C=O) groups is 1. The van der Waals surface area contributed by atoms with Gasteiger partial charge in [-0.1, -0.05) is 39.5 Å². The Balaban J connectivity index is 1.93. The first-order chi connectivity index (χ1) is 10.1. The molecule has 0 bridgehead atoms. The normalized spacial score (nSPS) is 16.5. The minimum atomic E-state index is -0.0862. The number of anilines is 1. The molecule has 1 aliphatic rings. The van der Waals surface area contributed by atoms with E-state index in [0.29, 0.717) is 23.5 Å². The van der Waals surface area contributed by atoms with Crippen molar-refractivity contribution in [3.05, 3.63) is 18.1 Å². The van der Waals surface area contributed by atoms with Crippen LogP contribution in [0.5, 0.6) is 0 Å². The zero-order valence-electron chi connectivity index (χ0n) is 13.1. The Morgan fingerprint density at radius 2 is 1.95 bits per heavy atom. The smallest absolute Gasteiger partial charge is 0.270 e. The fourth-order valence-corrected chi connectivity index (χ4v) is 2.57. The predicted molar refractivity (Wildman–Crippen MR) is 84.3 cm³/mol. The summed E-state index contributed by atoms with van der Waals surface area (Å²) in [7, 11) is 0. The monoisotopic (exact) mass is 290 g/mol. The lowest BCUT2D eigenvalue weighted by atomic mass is 10.1. The molecule has 0 atom stereocenters. The maximum absolute atomic E-state index is 12.3. The SMILES string of the molecule is CC(C)CNc1cc(C(=O)NC2CCCCCC2)ncn1. The molecular formula is C16H26N4O. The van der Waals surface area contributed by atoms with E-state index in [4.69, 9.17) is 0 Å². The molecule has 1 fully saturated rings. The standard InChI is InChI=1S/C16H26N4O/c1-12(2)10-17-15-9-14(18-11-19-15)16(21)20-13-7-5-3-4-6-8-13/h9,11-13H,3-8,10H2,1-2H3,(H,20,21)(H,17,18,19). The molecule has 0 saturated heterocycles. The molecule has 0 unspecified atom stereocenters. The van der Waals surface area contributed by atoms with Crippen LogP contribution in [0, 0.1) is 5.92 Å². The molecule has 2 N–H and O–H groups in total. The van der Waals surface area contributed by atoms with Crippen LogP contribution in [0.1, 0.15) is 62.9 Å². The average molecular weight is 290 g/mol. The van der Waals surface area contributed by atoms with E-state index in [9.17, 15) is 4.79 Å². The third kappa shape index (κ3) is 5.33. The van der Waals surface area contributed by atoms with E-state index in [1.807, 2.05) is 0 Å². The lowest BCUT2D eigenvalue weighted by Crippen LogP contribution is -2.35. The number of hydrogen-bond donors (Lipinski definition) is 2. The summed E-state index contributed by atoms with van der Waals surface area (Å²) in [6.07, 6.45) is 8.58. The van der Waals surface area contributed by atoms with Crippen molar-refractivity contribution < 1.29 is 4.79 Å². The van der Waals surface area contributed by atoms with Gasteiger partial charge in [-0.05, 0) is 18.8 Å². The second kappa shape index (κ2) is 7.96. The van der Waals surface area contributed by atoms with Crippen LogP contribution in [-0.4, -0.2) is 28.5 Å². The van der Waals surface area contributed by atoms with Gasteiger partial charge < -0.3 is 10.6 Å². The van der Waals surface area contributed by atoms with E-state index in [1.54, 1.807) is 6.07 Å². The van der Waals surface area contributed by atoms with Crippen molar-refractivity contribution in [1.82, 2.24) is 15.3 Å². The highest BCUT2D eigenvalue weighted by molar-refractivity contribution is 5.93. The topological polar surface area (TPSA) is 66.9 Å². The van der Waals surface area contributed by atoms with Crippen molar-refractivity contribution in [1.29, 1.82) is 0 Å². The molecule has 116 valence electrons. The molecule has 5 heteroatoms. The van der Waals surface area contributed by atoms with Gasteiger partial charge in [-0.15, -0.1) is 0 Å². The molecule has 1 saturated carbocycles. The first kappa shape index (κ1) is 15.7. The van der Waals surface area contributed by atoms with E-state index in [-0.39, 0.29) is 5.91 Å². The minimum absolute atomic E-state index is 0.0862. The summed E-state index contributed by atoms with van der Waals surface area (Å²) >= 11 is 0. The zero-order chi connectivity index (χ0) is 15.1. The summed E-state index contributed by atoms with van der Waals surface area (Å²) in [6.45, 7) is 5.10. The summed E-state index contributed by atoms with van der Waals surface area (Å²) in [6, 6.07) is 2.02. The van der Waals surface area contributed by atoms with Gasteiger partial charge in [0.05, 0.1) is 0 Å². The maximum Gasteiger partial charge on any atom is 0.270 e. The fourth-order valence-electron chi connectivity index (χ4n) is 2.57. The van der Waals surface area contributed by atoms with Gasteiger partial charge in [0, 0.05) is 18.7 Å². The van der Waals surface area contributed by atoms with Crippen molar-refractivity contribution in [2.45, 2.75) is 58.4 Å². The molecule has 0 aromatic carbocycles. The number of amides is 1. The molecule has 1 amide bonds. The Hall–Kier alpha value is -1.65. The van der Waals surface area contributed by atoms with Crippen LogP contribution >= 0.6 is 0 Å². The quantitative estimate of drug-likeness (QED) is 0.818. The second-order valence-electron chi connectivity index (χ2n) is 6.23. The third-order valence-electron chi connectivity index (χ3n) is 3.78. The molecule has 1 aromatic heterocycles. The van der Waals surface area contributed by atoms with Crippen molar-refractivity contribution in [2.24, 2.45) is 5.92 Å². The van der Waals surface area contributed by atoms with Crippen LogP contribution in [0.4, 0.5) is 5.82 Å². The van der Waals surface area contributed by atoms with Gasteiger partial charge in [0.2, 0.25) is 0 Å². The number of nitrogens with one attached hydrogen (secondary N) is 2. The summed E-state index contributed by atoms with van der Waals surface area (Å²) in [4.78, 5) is 20.5. The van der Waals surface area contributed by atoms with Crippen molar-refractivity contribution >= 4 is 11.7 Å². The molecule has 0 spiro atoms. The second-order valence-corrected chi connectivity index (χ2v) is 6.23. The van der Waals surface area contributed by atoms with Crippen LogP contribution in [0.25, 0.3) is 0 Å². The average Bonchev–Trinajstić information content (AvgIpc) is 2.74. The Kier molecular flexibility index (Phi) is 5.96. The fraction of sp³-hybridized carbons (Fsp3) is 0.688. The van der Waals surface area contributed by atoms with Crippen LogP contribution in [0.2, 0.25) is 0 Å². The minimum Gasteiger partial charge on any atom is -0.370 e. The zero-order valence-corrected chi connectivity index (χ0v) is 13.1. The highest BCUT2D eigenvalue weighted by Gasteiger charge is 2.16. The lowest BCUT2D eigenvalue weighted by Gasteiger charge is -2.16. The van der Waals surface area contributed by atoms with Gasteiger partial charge in [0.15, 0.2) is 0 Å². The summed E-state index contributed by atoms with van der Waals surface area (Å²) < 4.78 is 0. The summed E-state index contributed by atoms with van der Waals surface area (Å²) in [5, 5.41) is 6.33. The number of nitrogens with zero attached hydrogens (tertiary/aromatic N) is 2. The van der Waals surface area contributed by atoms with E-state index >= 15 is 0 Å². The largest absolute Gasteiger partial charge is 0.370 e. The van der Waals surface area contributed by atoms with Gasteiger partial charge in [-0.25, -0.2) is 9.97 Å². The van der Waals surface area contributed by atoms with Crippen LogP contribution in [0.15, 0.2) is 12.4 Å². The number of rotatable bonds is 5. The van der Waals surface area contributed by atoms with Gasteiger partial charge in [-0.3, -0.25) is 4.79 Å². The van der Waals surface area contributed by atoms with Crippen LogP contribution in [-0.2, 0) is 0 Å². The maximum atomic E-state index is 12.3. The first-order valence-corrected chi connectivity index (χ1v) is 8.02. The summed E-state index contributed by atoms with van der Waals surface area (Å²) in [5.74, 6) is 1.16. The van der Waals surface area contributed by atoms with E-state index in [0.717, 1.165) is 19.4 Å². The van der Waals surface area contributed by atoms with Gasteiger partial charge in [0.25, 0.3) is 5.91 Å². The Labute approximate surface area is 127 Å². The van der Waals surface area contributed by atoms with Crippen LogP contribution in [0.3, 0.4) is 0 Å². The molecule has 5 nitrogen and oxygen atoms in total. The Morgan fingerprint density at radius 1 is 1.24 bits per heavy atom. The third-order valence-corrected chi connectivity index (χ3v) is 3.78. The molecule has 2 rings (SSSR count). The van der Waals surface area contributed by atoms with Gasteiger partial charge in [0.1, 0.15) is 17.8 Å². The van der Waals surface area contributed by atoms with Gasteiger partial charge in [-0.2, -0.15) is 0 Å². The van der Waals surface area contributed by atoms with Crippen molar-refractivity contribution in [3.8, 4) is 0 Å². The van der Waals surface area contributed by atoms with Crippen molar-refractivity contribution in [2.75, 3.05) is 11.9 Å². The molecule has 1 aliphatic carbocycles. The van der Waals surface area contributed by atoms with E-state index in [2.05, 4.69) is 34.4 Å². The number of hydrogen-bond acceptors (Lipinski definition) is 4.